The summed E-state index contributed by atoms with van der Waals surface area (Å²) in [6, 6.07) is -0.113. The SMILES string of the molecule is CC(=O)OC1C=CC(=O)C23C(=O)NC(CC(C)C)C2C(C)C(C)=CC3C=C(C)CCC1OC(C)=O. The molecule has 0 radical (unpaired) electrons. The number of hydrogen-bond acceptors (Lipinski definition) is 6. The highest BCUT2D eigenvalue weighted by atomic mass is 16.6. The number of ketones is 1. The van der Waals surface area contributed by atoms with Gasteiger partial charge in [-0.1, -0.05) is 44.1 Å². The summed E-state index contributed by atoms with van der Waals surface area (Å²) in [5.74, 6) is -1.78. The van der Waals surface area contributed by atoms with Gasteiger partial charge in [-0.15, -0.1) is 0 Å². The Balaban J connectivity index is 2.18. The van der Waals surface area contributed by atoms with Gasteiger partial charge in [0.1, 0.15) is 11.5 Å². The zero-order chi connectivity index (χ0) is 26.1. The summed E-state index contributed by atoms with van der Waals surface area (Å²) < 4.78 is 10.9. The molecular formula is C28H39NO6. The van der Waals surface area contributed by atoms with Crippen molar-refractivity contribution in [3.8, 4) is 0 Å². The van der Waals surface area contributed by atoms with E-state index in [2.05, 4.69) is 39.1 Å². The van der Waals surface area contributed by atoms with E-state index in [0.29, 0.717) is 18.8 Å². The molecule has 1 spiro atoms. The third kappa shape index (κ3) is 5.29. The van der Waals surface area contributed by atoms with Crippen molar-refractivity contribution in [2.24, 2.45) is 29.1 Å². The molecule has 0 aromatic heterocycles. The van der Waals surface area contributed by atoms with Crippen molar-refractivity contribution in [2.75, 3.05) is 0 Å². The van der Waals surface area contributed by atoms with Crippen molar-refractivity contribution in [3.05, 3.63) is 35.5 Å². The topological polar surface area (TPSA) is 98.8 Å². The van der Waals surface area contributed by atoms with Crippen LogP contribution in [0.1, 0.15) is 67.7 Å². The molecule has 35 heavy (non-hydrogen) atoms. The first-order chi connectivity index (χ1) is 16.4. The summed E-state index contributed by atoms with van der Waals surface area (Å²) in [5, 5.41) is 3.18. The quantitative estimate of drug-likeness (QED) is 0.366. The number of nitrogens with one attached hydrogen (secondary N) is 1. The monoisotopic (exact) mass is 485 g/mol. The number of rotatable bonds is 4. The number of ether oxygens (including phenoxy) is 2. The first-order valence-electron chi connectivity index (χ1n) is 12.6. The maximum absolute atomic E-state index is 14.1. The summed E-state index contributed by atoms with van der Waals surface area (Å²) >= 11 is 0. The fourth-order valence-electron chi connectivity index (χ4n) is 6.16. The molecule has 1 saturated heterocycles. The molecule has 1 amide bonds. The van der Waals surface area contributed by atoms with Crippen LogP contribution in [0, 0.1) is 29.1 Å². The molecule has 7 nitrogen and oxygen atoms in total. The summed E-state index contributed by atoms with van der Waals surface area (Å²) in [4.78, 5) is 51.5. The lowest BCUT2D eigenvalue weighted by atomic mass is 9.55. The maximum Gasteiger partial charge on any atom is 0.303 e. The van der Waals surface area contributed by atoms with Crippen molar-refractivity contribution >= 4 is 23.6 Å². The molecule has 0 bridgehead atoms. The molecule has 1 fully saturated rings. The standard InChI is InChI=1S/C28H39NO6/c1-15(2)12-22-26-18(5)17(4)14-21-13-16(3)8-9-23(34-19(6)30)24(35-20(7)31)10-11-25(32)28(21,26)27(33)29-22/h10-11,13-15,18,21-24,26H,8-9,12H2,1-7H3,(H,29,33). The van der Waals surface area contributed by atoms with Gasteiger partial charge in [0.2, 0.25) is 5.91 Å². The van der Waals surface area contributed by atoms with Crippen LogP contribution in [0.2, 0.25) is 0 Å². The Hall–Kier alpha value is -2.70. The van der Waals surface area contributed by atoms with Gasteiger partial charge in [0, 0.05) is 31.7 Å². The van der Waals surface area contributed by atoms with Crippen LogP contribution < -0.4 is 5.32 Å². The van der Waals surface area contributed by atoms with Gasteiger partial charge in [-0.2, -0.15) is 0 Å². The zero-order valence-electron chi connectivity index (χ0n) is 21.9. The van der Waals surface area contributed by atoms with E-state index in [0.717, 1.165) is 12.0 Å². The van der Waals surface area contributed by atoms with E-state index >= 15 is 0 Å². The van der Waals surface area contributed by atoms with Crippen molar-refractivity contribution in [2.45, 2.75) is 86.0 Å². The minimum Gasteiger partial charge on any atom is -0.458 e. The van der Waals surface area contributed by atoms with E-state index in [4.69, 9.17) is 9.47 Å². The van der Waals surface area contributed by atoms with Gasteiger partial charge in [0.25, 0.3) is 0 Å². The normalized spacial score (nSPS) is 35.2. The minimum absolute atomic E-state index is 0.0446. The number of carbonyl (C=O) groups excluding carboxylic acids is 4. The Morgan fingerprint density at radius 3 is 2.37 bits per heavy atom. The molecule has 192 valence electrons. The lowest BCUT2D eigenvalue weighted by Crippen LogP contribution is -2.52. The molecule has 1 N–H and O–H groups in total. The van der Waals surface area contributed by atoms with E-state index in [1.807, 2.05) is 13.0 Å². The Labute approximate surface area is 208 Å². The second kappa shape index (κ2) is 10.5. The van der Waals surface area contributed by atoms with Crippen LogP contribution in [0.15, 0.2) is 35.5 Å². The van der Waals surface area contributed by atoms with E-state index in [9.17, 15) is 19.2 Å². The number of carbonyl (C=O) groups is 4. The largest absolute Gasteiger partial charge is 0.458 e. The molecule has 3 rings (SSSR count). The van der Waals surface area contributed by atoms with E-state index in [1.54, 1.807) is 0 Å². The molecule has 0 aromatic carbocycles. The van der Waals surface area contributed by atoms with Crippen LogP contribution in [0.25, 0.3) is 0 Å². The maximum atomic E-state index is 14.1. The van der Waals surface area contributed by atoms with Gasteiger partial charge in [-0.05, 0) is 57.1 Å². The van der Waals surface area contributed by atoms with Gasteiger partial charge in [-0.25, -0.2) is 0 Å². The van der Waals surface area contributed by atoms with E-state index in [1.165, 1.54) is 31.6 Å². The predicted octanol–water partition coefficient (Wildman–Crippen LogP) is 4.07. The minimum atomic E-state index is -1.28. The van der Waals surface area contributed by atoms with Crippen molar-refractivity contribution in [1.82, 2.24) is 5.32 Å². The smallest absolute Gasteiger partial charge is 0.303 e. The molecule has 1 heterocycles. The summed E-state index contributed by atoms with van der Waals surface area (Å²) in [7, 11) is 0. The van der Waals surface area contributed by atoms with Gasteiger partial charge >= 0.3 is 11.9 Å². The second-order valence-corrected chi connectivity index (χ2v) is 10.8. The van der Waals surface area contributed by atoms with Crippen molar-refractivity contribution in [1.29, 1.82) is 0 Å². The van der Waals surface area contributed by atoms with E-state index < -0.39 is 35.5 Å². The van der Waals surface area contributed by atoms with Crippen LogP contribution in [-0.2, 0) is 28.7 Å². The molecule has 7 atom stereocenters. The Kier molecular flexibility index (Phi) is 8.07. The molecule has 2 aliphatic carbocycles. The van der Waals surface area contributed by atoms with Crippen LogP contribution in [0.3, 0.4) is 0 Å². The number of hydrogen-bond donors (Lipinski definition) is 1. The molecular weight excluding hydrogens is 446 g/mol. The Morgan fingerprint density at radius 1 is 1.11 bits per heavy atom. The molecule has 7 heteroatoms. The third-order valence-electron chi connectivity index (χ3n) is 7.72. The van der Waals surface area contributed by atoms with Gasteiger partial charge in [0.15, 0.2) is 11.9 Å². The number of amides is 1. The van der Waals surface area contributed by atoms with Gasteiger partial charge in [-0.3, -0.25) is 19.2 Å². The lowest BCUT2D eigenvalue weighted by Gasteiger charge is -2.44. The fourth-order valence-corrected chi connectivity index (χ4v) is 6.16. The first kappa shape index (κ1) is 26.9. The van der Waals surface area contributed by atoms with Crippen molar-refractivity contribution in [3.63, 3.8) is 0 Å². The highest BCUT2D eigenvalue weighted by Crippen LogP contribution is 2.55. The highest BCUT2D eigenvalue weighted by molar-refractivity contribution is 6.13. The van der Waals surface area contributed by atoms with Crippen LogP contribution in [0.4, 0.5) is 0 Å². The van der Waals surface area contributed by atoms with Crippen LogP contribution >= 0.6 is 0 Å². The molecule has 0 aromatic rings. The predicted molar refractivity (Wildman–Crippen MR) is 132 cm³/mol. The average Bonchev–Trinajstić information content (AvgIpc) is 3.02. The molecule has 7 unspecified atom stereocenters. The third-order valence-corrected chi connectivity index (χ3v) is 7.72. The summed E-state index contributed by atoms with van der Waals surface area (Å²) in [6.07, 6.45) is 7.07. The second-order valence-electron chi connectivity index (χ2n) is 10.8. The Bertz CT molecular complexity index is 976. The van der Waals surface area contributed by atoms with Crippen LogP contribution in [-0.4, -0.2) is 41.9 Å². The molecule has 0 saturated carbocycles. The van der Waals surface area contributed by atoms with Gasteiger partial charge in [0.05, 0.1) is 0 Å². The zero-order valence-corrected chi connectivity index (χ0v) is 21.9. The molecule has 3 aliphatic rings. The first-order valence-corrected chi connectivity index (χ1v) is 12.6. The van der Waals surface area contributed by atoms with E-state index in [-0.39, 0.29) is 29.6 Å². The summed E-state index contributed by atoms with van der Waals surface area (Å²) in [6.45, 7) is 13.0. The van der Waals surface area contributed by atoms with Gasteiger partial charge < -0.3 is 14.8 Å². The lowest BCUT2D eigenvalue weighted by molar-refractivity contribution is -0.162. The number of allylic oxidation sites excluding steroid dienone is 5. The number of esters is 2. The van der Waals surface area contributed by atoms with Crippen molar-refractivity contribution < 1.29 is 28.7 Å². The average molecular weight is 486 g/mol. The fraction of sp³-hybridized carbons (Fsp3) is 0.643. The van der Waals surface area contributed by atoms with Crippen LogP contribution in [0.5, 0.6) is 0 Å². The summed E-state index contributed by atoms with van der Waals surface area (Å²) in [5.41, 5.74) is 0.880. The Morgan fingerprint density at radius 2 is 1.77 bits per heavy atom. The molecule has 1 aliphatic heterocycles. The highest BCUT2D eigenvalue weighted by Gasteiger charge is 2.64.